The number of nitrogens with zero attached hydrogens (tertiary/aromatic N) is 3. The van der Waals surface area contributed by atoms with Crippen LogP contribution in [0.5, 0.6) is 5.75 Å². The van der Waals surface area contributed by atoms with Crippen molar-refractivity contribution in [2.75, 3.05) is 13.1 Å². The summed E-state index contributed by atoms with van der Waals surface area (Å²) >= 11 is 0. The van der Waals surface area contributed by atoms with Crippen molar-refractivity contribution in [3.8, 4) is 11.8 Å². The molecule has 0 saturated carbocycles. The number of sulfonamides is 1. The molecule has 180 valence electrons. The highest BCUT2D eigenvalue weighted by atomic mass is 32.2. The highest BCUT2D eigenvalue weighted by Crippen LogP contribution is 2.38. The number of aliphatic hydroxyl groups is 2. The lowest BCUT2D eigenvalue weighted by Gasteiger charge is -2.31. The lowest BCUT2D eigenvalue weighted by molar-refractivity contribution is -0.137. The summed E-state index contributed by atoms with van der Waals surface area (Å²) in [6.45, 7) is 7.02. The van der Waals surface area contributed by atoms with Crippen LogP contribution in [0.3, 0.4) is 0 Å². The number of alkyl halides is 3. The molecule has 0 spiro atoms. The summed E-state index contributed by atoms with van der Waals surface area (Å²) in [5.41, 5.74) is -4.43. The first-order chi connectivity index (χ1) is 15.7. The number of rotatable bonds is 5. The normalized spacial score (nSPS) is 22.1. The standard InChI is InChI=1S/C21H17F4N3O5S/c1-12(29)20(30)11-28(10-19(20)33-15-5-3-13(9-26)16(22)8-15)34(31,32)18-6-4-14(21(23,24)25)7-17(18)27-2/h3-8,12,19,29-30H,10-11H2,1H3/t12-,19-,20-/m0/s1. The van der Waals surface area contributed by atoms with Crippen LogP contribution >= 0.6 is 0 Å². The molecule has 0 unspecified atom stereocenters. The lowest BCUT2D eigenvalue weighted by atomic mass is 9.94. The topological polar surface area (TPSA) is 115 Å². The Morgan fingerprint density at radius 1 is 1.32 bits per heavy atom. The molecule has 13 heteroatoms. The molecule has 2 aromatic carbocycles. The minimum atomic E-state index is -4.79. The van der Waals surface area contributed by atoms with Crippen molar-refractivity contribution in [3.05, 3.63) is 64.8 Å². The zero-order valence-electron chi connectivity index (χ0n) is 17.4. The Kier molecular flexibility index (Phi) is 6.61. The summed E-state index contributed by atoms with van der Waals surface area (Å²) < 4.78 is 85.4. The number of aliphatic hydroxyl groups excluding tert-OH is 1. The van der Waals surface area contributed by atoms with Crippen LogP contribution in [0.15, 0.2) is 41.3 Å². The van der Waals surface area contributed by atoms with Gasteiger partial charge in [0, 0.05) is 18.2 Å². The monoisotopic (exact) mass is 499 g/mol. The quantitative estimate of drug-likeness (QED) is 0.483. The predicted octanol–water partition coefficient (Wildman–Crippen LogP) is 2.83. The van der Waals surface area contributed by atoms with E-state index in [4.69, 9.17) is 16.6 Å². The zero-order valence-corrected chi connectivity index (χ0v) is 18.2. The van der Waals surface area contributed by atoms with Gasteiger partial charge in [0.25, 0.3) is 0 Å². The first kappa shape index (κ1) is 25.4. The molecule has 34 heavy (non-hydrogen) atoms. The van der Waals surface area contributed by atoms with Gasteiger partial charge in [0.2, 0.25) is 15.7 Å². The Morgan fingerprint density at radius 3 is 2.53 bits per heavy atom. The van der Waals surface area contributed by atoms with Crippen LogP contribution in [0.2, 0.25) is 0 Å². The second-order valence-corrected chi connectivity index (χ2v) is 9.52. The van der Waals surface area contributed by atoms with Gasteiger partial charge in [0.05, 0.1) is 29.7 Å². The first-order valence-corrected chi connectivity index (χ1v) is 11.0. The Balaban J connectivity index is 1.97. The summed E-state index contributed by atoms with van der Waals surface area (Å²) in [6, 6.07) is 6.37. The summed E-state index contributed by atoms with van der Waals surface area (Å²) in [5, 5.41) is 29.9. The Labute approximate surface area is 192 Å². The number of ether oxygens (including phenoxy) is 1. The van der Waals surface area contributed by atoms with Crippen LogP contribution in [-0.4, -0.2) is 53.8 Å². The minimum Gasteiger partial charge on any atom is -0.486 e. The average Bonchev–Trinajstić information content (AvgIpc) is 3.11. The summed E-state index contributed by atoms with van der Waals surface area (Å²) in [6.07, 6.45) is -7.74. The van der Waals surface area contributed by atoms with Crippen LogP contribution in [0.25, 0.3) is 4.85 Å². The first-order valence-electron chi connectivity index (χ1n) is 9.59. The van der Waals surface area contributed by atoms with Gasteiger partial charge < -0.3 is 14.9 Å². The molecule has 8 nitrogen and oxygen atoms in total. The largest absolute Gasteiger partial charge is 0.486 e. The molecule has 1 aliphatic heterocycles. The fourth-order valence-electron chi connectivity index (χ4n) is 3.48. The molecule has 1 aliphatic rings. The molecular weight excluding hydrogens is 482 g/mol. The van der Waals surface area contributed by atoms with Crippen LogP contribution in [0.1, 0.15) is 18.1 Å². The smallest absolute Gasteiger partial charge is 0.415 e. The molecule has 0 aliphatic carbocycles. The van der Waals surface area contributed by atoms with E-state index in [-0.39, 0.29) is 11.3 Å². The van der Waals surface area contributed by atoms with E-state index in [1.54, 1.807) is 6.07 Å². The minimum absolute atomic E-state index is 0.156. The molecule has 2 N–H and O–H groups in total. The molecule has 3 atom stereocenters. The predicted molar refractivity (Wildman–Crippen MR) is 109 cm³/mol. The fraction of sp³-hybridized carbons (Fsp3) is 0.333. The Bertz CT molecular complexity index is 1300. The highest BCUT2D eigenvalue weighted by molar-refractivity contribution is 7.89. The van der Waals surface area contributed by atoms with Gasteiger partial charge in [-0.05, 0) is 25.1 Å². The Hall–Kier alpha value is -3.23. The van der Waals surface area contributed by atoms with Gasteiger partial charge in [0.15, 0.2) is 0 Å². The fourth-order valence-corrected chi connectivity index (χ4v) is 5.07. The van der Waals surface area contributed by atoms with E-state index in [1.807, 2.05) is 0 Å². The second-order valence-electron chi connectivity index (χ2n) is 7.62. The van der Waals surface area contributed by atoms with Crippen LogP contribution < -0.4 is 4.74 Å². The highest BCUT2D eigenvalue weighted by Gasteiger charge is 2.54. The van der Waals surface area contributed by atoms with Crippen molar-refractivity contribution in [1.29, 1.82) is 5.26 Å². The number of benzene rings is 2. The zero-order chi connectivity index (χ0) is 25.5. The van der Waals surface area contributed by atoms with Crippen LogP contribution in [0.4, 0.5) is 23.2 Å². The van der Waals surface area contributed by atoms with Gasteiger partial charge in [-0.2, -0.15) is 22.7 Å². The summed E-state index contributed by atoms with van der Waals surface area (Å²) in [7, 11) is -4.61. The van der Waals surface area contributed by atoms with Crippen molar-refractivity contribution in [1.82, 2.24) is 4.31 Å². The molecule has 0 amide bonds. The summed E-state index contributed by atoms with van der Waals surface area (Å²) in [4.78, 5) is 2.19. The van der Waals surface area contributed by atoms with E-state index >= 15 is 0 Å². The molecule has 0 radical (unpaired) electrons. The van der Waals surface area contributed by atoms with Crippen molar-refractivity contribution >= 4 is 15.7 Å². The Morgan fingerprint density at radius 2 is 2.00 bits per heavy atom. The van der Waals surface area contributed by atoms with Gasteiger partial charge in [-0.3, -0.25) is 0 Å². The van der Waals surface area contributed by atoms with Gasteiger partial charge in [-0.1, -0.05) is 12.1 Å². The lowest BCUT2D eigenvalue weighted by Crippen LogP contribution is -2.53. The van der Waals surface area contributed by atoms with E-state index in [1.165, 1.54) is 13.0 Å². The third-order valence-electron chi connectivity index (χ3n) is 5.44. The van der Waals surface area contributed by atoms with Crippen LogP contribution in [0, 0.1) is 23.7 Å². The van der Waals surface area contributed by atoms with Gasteiger partial charge in [-0.25, -0.2) is 17.7 Å². The number of nitriles is 1. The van der Waals surface area contributed by atoms with Gasteiger partial charge in [0.1, 0.15) is 29.3 Å². The molecule has 0 bridgehead atoms. The molecule has 3 rings (SSSR count). The number of β-amino-alcohol motifs (C(OH)–C–C–N with tert-alkyl or cyclic N) is 1. The van der Waals surface area contributed by atoms with Crippen molar-refractivity contribution in [2.45, 2.75) is 35.8 Å². The maximum absolute atomic E-state index is 13.9. The molecule has 1 fully saturated rings. The second kappa shape index (κ2) is 8.85. The molecule has 1 saturated heterocycles. The molecule has 0 aromatic heterocycles. The maximum atomic E-state index is 13.9. The van der Waals surface area contributed by atoms with E-state index in [0.29, 0.717) is 22.5 Å². The molecular formula is C21H17F4N3O5S. The van der Waals surface area contributed by atoms with E-state index < -0.39 is 69.1 Å². The number of hydrogen-bond acceptors (Lipinski definition) is 6. The molecule has 2 aromatic rings. The van der Waals surface area contributed by atoms with Crippen molar-refractivity contribution in [2.24, 2.45) is 0 Å². The number of hydrogen-bond donors (Lipinski definition) is 2. The molecule has 1 heterocycles. The third kappa shape index (κ3) is 4.56. The van der Waals surface area contributed by atoms with Crippen molar-refractivity contribution < 1.29 is 40.9 Å². The SMILES string of the molecule is [C-]#[N+]c1cc(C(F)(F)F)ccc1S(=O)(=O)N1C[C@H](Oc2ccc(C#N)c(F)c2)[C@@](O)([C@H](C)O)C1. The van der Waals surface area contributed by atoms with Crippen LogP contribution in [-0.2, 0) is 16.2 Å². The number of halogens is 4. The summed E-state index contributed by atoms with van der Waals surface area (Å²) in [5.74, 6) is -1.08. The van der Waals surface area contributed by atoms with Gasteiger partial charge >= 0.3 is 6.18 Å². The van der Waals surface area contributed by atoms with E-state index in [0.717, 1.165) is 12.1 Å². The van der Waals surface area contributed by atoms with E-state index in [2.05, 4.69) is 4.85 Å². The third-order valence-corrected chi connectivity index (χ3v) is 7.30. The van der Waals surface area contributed by atoms with Crippen molar-refractivity contribution in [3.63, 3.8) is 0 Å². The van der Waals surface area contributed by atoms with Gasteiger partial charge in [-0.15, -0.1) is 0 Å². The maximum Gasteiger partial charge on any atom is 0.415 e. The van der Waals surface area contributed by atoms with E-state index in [9.17, 15) is 36.2 Å². The average molecular weight is 499 g/mol.